The summed E-state index contributed by atoms with van der Waals surface area (Å²) in [6.07, 6.45) is 1.94. The molecule has 0 aliphatic carbocycles. The Labute approximate surface area is 103 Å². The molecule has 0 aliphatic heterocycles. The first-order valence-electron chi connectivity index (χ1n) is 5.96. The minimum absolute atomic E-state index is 0.469. The maximum Gasteiger partial charge on any atom is 0.0455 e. The molecule has 1 nitrogen and oxygen atoms in total. The van der Waals surface area contributed by atoms with E-state index in [1.165, 1.54) is 5.56 Å². The number of rotatable bonds is 4. The molecule has 0 fully saturated rings. The summed E-state index contributed by atoms with van der Waals surface area (Å²) in [5.41, 5.74) is 2.51. The van der Waals surface area contributed by atoms with Crippen LogP contribution in [0.2, 0.25) is 0 Å². The normalized spacial score (nSPS) is 12.8. The van der Waals surface area contributed by atoms with Crippen molar-refractivity contribution in [3.63, 3.8) is 0 Å². The Bertz CT molecular complexity index is 459. The Morgan fingerprint density at radius 3 is 2.18 bits per heavy atom. The second kappa shape index (κ2) is 6.00. The first kappa shape index (κ1) is 11.6. The summed E-state index contributed by atoms with van der Waals surface area (Å²) >= 11 is 0. The topological polar surface area (TPSA) is 12.4 Å². The minimum atomic E-state index is 0.469. The van der Waals surface area contributed by atoms with Crippen LogP contribution >= 0.6 is 0 Å². The number of benzene rings is 2. The average Bonchev–Trinajstić information content (AvgIpc) is 2.41. The molecule has 2 aromatic carbocycles. The molecule has 1 unspecified atom stereocenters. The van der Waals surface area contributed by atoms with Crippen LogP contribution in [0.15, 0.2) is 65.7 Å². The van der Waals surface area contributed by atoms with Gasteiger partial charge in [0.2, 0.25) is 0 Å². The first-order chi connectivity index (χ1) is 8.36. The molecule has 0 saturated carbocycles. The third kappa shape index (κ3) is 3.56. The van der Waals surface area contributed by atoms with Gasteiger partial charge in [0.15, 0.2) is 0 Å². The zero-order valence-electron chi connectivity index (χ0n) is 10.1. The van der Waals surface area contributed by atoms with Crippen molar-refractivity contribution in [2.24, 2.45) is 4.99 Å². The molecule has 0 aromatic heterocycles. The molecule has 17 heavy (non-hydrogen) atoms. The van der Waals surface area contributed by atoms with Gasteiger partial charge in [-0.05, 0) is 11.1 Å². The predicted octanol–water partition coefficient (Wildman–Crippen LogP) is 3.91. The molecule has 0 radical (unpaired) electrons. The lowest BCUT2D eigenvalue weighted by Gasteiger charge is -2.07. The third-order valence-electron chi connectivity index (χ3n) is 2.79. The van der Waals surface area contributed by atoms with Crippen LogP contribution in [0.25, 0.3) is 0 Å². The maximum atomic E-state index is 4.49. The van der Waals surface area contributed by atoms with E-state index in [0.29, 0.717) is 5.92 Å². The van der Waals surface area contributed by atoms with Crippen LogP contribution in [0.5, 0.6) is 0 Å². The van der Waals surface area contributed by atoms with E-state index in [-0.39, 0.29) is 0 Å². The van der Waals surface area contributed by atoms with E-state index in [4.69, 9.17) is 0 Å². The quantitative estimate of drug-likeness (QED) is 0.697. The molecule has 86 valence electrons. The van der Waals surface area contributed by atoms with Gasteiger partial charge in [-0.3, -0.25) is 4.99 Å². The number of nitrogens with zero attached hydrogens (tertiary/aromatic N) is 1. The van der Waals surface area contributed by atoms with Crippen molar-refractivity contribution in [2.45, 2.75) is 12.8 Å². The summed E-state index contributed by atoms with van der Waals surface area (Å²) in [7, 11) is 0. The molecule has 0 spiro atoms. The van der Waals surface area contributed by atoms with E-state index in [1.54, 1.807) is 0 Å². The Morgan fingerprint density at radius 1 is 0.941 bits per heavy atom. The Morgan fingerprint density at radius 2 is 1.53 bits per heavy atom. The number of hydrogen-bond donors (Lipinski definition) is 0. The largest absolute Gasteiger partial charge is 0.292 e. The highest BCUT2D eigenvalue weighted by molar-refractivity contribution is 5.79. The van der Waals surface area contributed by atoms with Crippen LogP contribution in [-0.2, 0) is 0 Å². The molecule has 0 amide bonds. The second-order valence-electron chi connectivity index (χ2n) is 4.22. The molecular formula is C16H17N. The van der Waals surface area contributed by atoms with Crippen LogP contribution in [-0.4, -0.2) is 12.8 Å². The van der Waals surface area contributed by atoms with Crippen LogP contribution in [0.4, 0.5) is 0 Å². The van der Waals surface area contributed by atoms with Gasteiger partial charge in [-0.2, -0.15) is 0 Å². The molecule has 2 rings (SSSR count). The van der Waals surface area contributed by atoms with Crippen LogP contribution in [0, 0.1) is 0 Å². The molecular weight excluding hydrogens is 206 g/mol. The van der Waals surface area contributed by atoms with Gasteiger partial charge in [0, 0.05) is 18.7 Å². The summed E-state index contributed by atoms with van der Waals surface area (Å²) in [5, 5.41) is 0. The van der Waals surface area contributed by atoms with E-state index in [9.17, 15) is 0 Å². The zero-order chi connectivity index (χ0) is 11.9. The lowest BCUT2D eigenvalue weighted by molar-refractivity contribution is 0.778. The van der Waals surface area contributed by atoms with E-state index in [0.717, 1.165) is 12.1 Å². The summed E-state index contributed by atoms with van der Waals surface area (Å²) in [6.45, 7) is 3.04. The smallest absolute Gasteiger partial charge is 0.0455 e. The monoisotopic (exact) mass is 223 g/mol. The Hall–Kier alpha value is -1.89. The van der Waals surface area contributed by atoms with Crippen LogP contribution in [0.1, 0.15) is 24.0 Å². The van der Waals surface area contributed by atoms with Crippen molar-refractivity contribution in [3.05, 3.63) is 71.8 Å². The van der Waals surface area contributed by atoms with Gasteiger partial charge in [0.25, 0.3) is 0 Å². The van der Waals surface area contributed by atoms with Gasteiger partial charge in [0.05, 0.1) is 0 Å². The molecule has 1 atom stereocenters. The summed E-state index contributed by atoms with van der Waals surface area (Å²) in [5.74, 6) is 0.469. The molecule has 0 bridgehead atoms. The summed E-state index contributed by atoms with van der Waals surface area (Å²) in [4.78, 5) is 4.49. The van der Waals surface area contributed by atoms with Gasteiger partial charge >= 0.3 is 0 Å². The first-order valence-corrected chi connectivity index (χ1v) is 5.96. The lowest BCUT2D eigenvalue weighted by Crippen LogP contribution is -1.97. The van der Waals surface area contributed by atoms with Crippen LogP contribution < -0.4 is 0 Å². The average molecular weight is 223 g/mol. The van der Waals surface area contributed by atoms with Gasteiger partial charge < -0.3 is 0 Å². The lowest BCUT2D eigenvalue weighted by atomic mass is 10.0. The second-order valence-corrected chi connectivity index (χ2v) is 4.22. The highest BCUT2D eigenvalue weighted by Gasteiger charge is 2.02. The van der Waals surface area contributed by atoms with E-state index in [1.807, 2.05) is 30.5 Å². The van der Waals surface area contributed by atoms with Crippen molar-refractivity contribution in [1.82, 2.24) is 0 Å². The maximum absolute atomic E-state index is 4.49. The fourth-order valence-corrected chi connectivity index (χ4v) is 1.74. The van der Waals surface area contributed by atoms with E-state index in [2.05, 4.69) is 48.3 Å². The molecule has 2 aromatic rings. The van der Waals surface area contributed by atoms with Crippen molar-refractivity contribution in [3.8, 4) is 0 Å². The summed E-state index contributed by atoms with van der Waals surface area (Å²) < 4.78 is 0. The van der Waals surface area contributed by atoms with E-state index < -0.39 is 0 Å². The van der Waals surface area contributed by atoms with Gasteiger partial charge in [-0.25, -0.2) is 0 Å². The summed E-state index contributed by atoms with van der Waals surface area (Å²) in [6, 6.07) is 20.7. The van der Waals surface area contributed by atoms with Gasteiger partial charge in [-0.15, -0.1) is 0 Å². The standard InChI is InChI=1S/C16H17N/c1-14(16-10-6-3-7-11-16)12-17-13-15-8-4-2-5-9-15/h2-11,13-14H,12H2,1H3. The molecule has 0 saturated heterocycles. The van der Waals surface area contributed by atoms with Crippen molar-refractivity contribution < 1.29 is 0 Å². The van der Waals surface area contributed by atoms with Crippen LogP contribution in [0.3, 0.4) is 0 Å². The molecule has 0 heterocycles. The minimum Gasteiger partial charge on any atom is -0.292 e. The van der Waals surface area contributed by atoms with Crippen molar-refractivity contribution in [1.29, 1.82) is 0 Å². The highest BCUT2D eigenvalue weighted by atomic mass is 14.7. The van der Waals surface area contributed by atoms with E-state index >= 15 is 0 Å². The van der Waals surface area contributed by atoms with Gasteiger partial charge in [0.1, 0.15) is 0 Å². The third-order valence-corrected chi connectivity index (χ3v) is 2.79. The molecule has 0 aliphatic rings. The number of hydrogen-bond acceptors (Lipinski definition) is 1. The fraction of sp³-hybridized carbons (Fsp3) is 0.188. The van der Waals surface area contributed by atoms with Crippen molar-refractivity contribution >= 4 is 6.21 Å². The van der Waals surface area contributed by atoms with Crippen molar-refractivity contribution in [2.75, 3.05) is 6.54 Å². The Kier molecular flexibility index (Phi) is 4.09. The Balaban J connectivity index is 1.93. The fourth-order valence-electron chi connectivity index (χ4n) is 1.74. The predicted molar refractivity (Wildman–Crippen MR) is 73.8 cm³/mol. The number of aliphatic imine (C=N–C) groups is 1. The van der Waals surface area contributed by atoms with Gasteiger partial charge in [-0.1, -0.05) is 67.6 Å². The molecule has 0 N–H and O–H groups in total. The SMILES string of the molecule is CC(CN=Cc1ccccc1)c1ccccc1. The zero-order valence-corrected chi connectivity index (χ0v) is 10.1. The molecule has 1 heteroatoms. The highest BCUT2D eigenvalue weighted by Crippen LogP contribution is 2.14.